The minimum atomic E-state index is -5.00. The molecular weight excluding hydrogens is 352 g/mol. The van der Waals surface area contributed by atoms with Crippen molar-refractivity contribution >= 4 is 0 Å². The van der Waals surface area contributed by atoms with E-state index >= 15 is 0 Å². The molecule has 2 saturated carbocycles. The lowest BCUT2D eigenvalue weighted by Crippen LogP contribution is -2.20. The van der Waals surface area contributed by atoms with Crippen LogP contribution in [-0.2, 0) is 0 Å². The first-order valence-electron chi connectivity index (χ1n) is 9.30. The number of halogens is 4. The van der Waals surface area contributed by atoms with Gasteiger partial charge in [0.1, 0.15) is 0 Å². The van der Waals surface area contributed by atoms with Crippen molar-refractivity contribution in [1.29, 1.82) is 0 Å². The summed E-state index contributed by atoms with van der Waals surface area (Å²) in [5.74, 6) is -2.04. The number of ether oxygens (including phenoxy) is 3. The zero-order chi connectivity index (χ0) is 18.6. The molecule has 0 spiro atoms. The Bertz CT molecular complexity index is 591. The van der Waals surface area contributed by atoms with E-state index in [1.807, 2.05) is 0 Å². The van der Waals surface area contributed by atoms with Gasteiger partial charge in [0, 0.05) is 0 Å². The predicted octanol–water partition coefficient (Wildman–Crippen LogP) is 6.00. The molecule has 146 valence electrons. The quantitative estimate of drug-likeness (QED) is 0.546. The summed E-state index contributed by atoms with van der Waals surface area (Å²) in [4.78, 5) is 0. The van der Waals surface area contributed by atoms with Gasteiger partial charge in [-0.1, -0.05) is 25.7 Å². The Labute approximate surface area is 150 Å². The Morgan fingerprint density at radius 3 is 2.19 bits per heavy atom. The van der Waals surface area contributed by atoms with Gasteiger partial charge in [-0.3, -0.25) is 0 Å². The molecule has 26 heavy (non-hydrogen) atoms. The molecule has 2 aliphatic rings. The van der Waals surface area contributed by atoms with Gasteiger partial charge in [0.25, 0.3) is 0 Å². The molecule has 0 atom stereocenters. The number of hydrogen-bond acceptors (Lipinski definition) is 3. The highest BCUT2D eigenvalue weighted by molar-refractivity contribution is 5.47. The first-order valence-corrected chi connectivity index (χ1v) is 9.30. The summed E-state index contributed by atoms with van der Waals surface area (Å²) in [6, 6.07) is 2.62. The molecule has 0 amide bonds. The minimum absolute atomic E-state index is 0.169. The predicted molar refractivity (Wildman–Crippen MR) is 88.0 cm³/mol. The molecule has 1 aromatic carbocycles. The van der Waals surface area contributed by atoms with Crippen molar-refractivity contribution in [2.45, 2.75) is 70.3 Å². The van der Waals surface area contributed by atoms with Crippen LogP contribution in [0.3, 0.4) is 0 Å². The Hall–Kier alpha value is -1.66. The van der Waals surface area contributed by atoms with Crippen molar-refractivity contribution < 1.29 is 31.8 Å². The van der Waals surface area contributed by atoms with E-state index in [1.54, 1.807) is 0 Å². The molecule has 2 fully saturated rings. The lowest BCUT2D eigenvalue weighted by Gasteiger charge is -2.19. The van der Waals surface area contributed by atoms with E-state index in [9.17, 15) is 17.6 Å². The molecule has 2 aliphatic carbocycles. The highest BCUT2D eigenvalue weighted by Gasteiger charge is 2.35. The van der Waals surface area contributed by atoms with Crippen LogP contribution in [0.25, 0.3) is 0 Å². The molecule has 3 rings (SSSR count). The van der Waals surface area contributed by atoms with E-state index < -0.39 is 17.9 Å². The van der Waals surface area contributed by atoms with Crippen molar-refractivity contribution in [3.8, 4) is 17.2 Å². The maximum atomic E-state index is 14.6. The average molecular weight is 376 g/mol. The fourth-order valence-corrected chi connectivity index (χ4v) is 3.76. The smallest absolute Gasteiger partial charge is 0.490 e. The Kier molecular flexibility index (Phi) is 6.14. The van der Waals surface area contributed by atoms with Crippen LogP contribution in [0.2, 0.25) is 0 Å². The summed E-state index contributed by atoms with van der Waals surface area (Å²) >= 11 is 0. The molecule has 0 aromatic heterocycles. The number of hydrogen-bond donors (Lipinski definition) is 0. The Balaban J connectivity index is 1.72. The van der Waals surface area contributed by atoms with Gasteiger partial charge in [0.2, 0.25) is 11.6 Å². The summed E-state index contributed by atoms with van der Waals surface area (Å²) < 4.78 is 67.6. The second kappa shape index (κ2) is 8.35. The monoisotopic (exact) mass is 376 g/mol. The summed E-state index contributed by atoms with van der Waals surface area (Å²) in [6.45, 7) is 0.237. The third kappa shape index (κ3) is 5.17. The van der Waals surface area contributed by atoms with Gasteiger partial charge in [0.05, 0.1) is 12.7 Å². The summed E-state index contributed by atoms with van der Waals surface area (Å²) in [5.41, 5.74) is 0. The van der Waals surface area contributed by atoms with Crippen molar-refractivity contribution in [1.82, 2.24) is 0 Å². The van der Waals surface area contributed by atoms with Gasteiger partial charge < -0.3 is 14.2 Å². The standard InChI is InChI=1S/C19H24F4O3/c20-17-15(25-14-7-3-4-8-14)9-10-16(18(17)26-19(21,22)23)24-12-11-13-5-1-2-6-13/h9-10,13-14H,1-8,11-12H2. The van der Waals surface area contributed by atoms with Crippen LogP contribution in [-0.4, -0.2) is 19.1 Å². The van der Waals surface area contributed by atoms with E-state index in [0.717, 1.165) is 44.9 Å². The fraction of sp³-hybridized carbons (Fsp3) is 0.684. The van der Waals surface area contributed by atoms with Crippen LogP contribution in [0, 0.1) is 11.7 Å². The largest absolute Gasteiger partial charge is 0.573 e. The van der Waals surface area contributed by atoms with E-state index in [2.05, 4.69) is 4.74 Å². The lowest BCUT2D eigenvalue weighted by molar-refractivity contribution is -0.276. The van der Waals surface area contributed by atoms with Crippen LogP contribution >= 0.6 is 0 Å². The van der Waals surface area contributed by atoms with Gasteiger partial charge in [-0.15, -0.1) is 13.2 Å². The second-order valence-corrected chi connectivity index (χ2v) is 7.06. The van der Waals surface area contributed by atoms with E-state index in [1.165, 1.54) is 25.0 Å². The van der Waals surface area contributed by atoms with Gasteiger partial charge >= 0.3 is 6.36 Å². The molecule has 7 heteroatoms. The molecule has 3 nitrogen and oxygen atoms in total. The summed E-state index contributed by atoms with van der Waals surface area (Å²) in [7, 11) is 0. The maximum Gasteiger partial charge on any atom is 0.573 e. The zero-order valence-electron chi connectivity index (χ0n) is 14.6. The third-order valence-electron chi connectivity index (χ3n) is 5.10. The molecule has 0 unspecified atom stereocenters. The first kappa shape index (κ1) is 19.1. The average Bonchev–Trinajstić information content (AvgIpc) is 3.25. The maximum absolute atomic E-state index is 14.6. The third-order valence-corrected chi connectivity index (χ3v) is 5.10. The van der Waals surface area contributed by atoms with E-state index in [4.69, 9.17) is 9.47 Å². The minimum Gasteiger partial charge on any atom is -0.490 e. The topological polar surface area (TPSA) is 27.7 Å². The van der Waals surface area contributed by atoms with Crippen molar-refractivity contribution in [2.24, 2.45) is 5.92 Å². The summed E-state index contributed by atoms with van der Waals surface area (Å²) in [5, 5.41) is 0. The molecular formula is C19H24F4O3. The highest BCUT2D eigenvalue weighted by Crippen LogP contribution is 2.40. The normalized spacial score (nSPS) is 19.1. The molecule has 0 radical (unpaired) electrons. The van der Waals surface area contributed by atoms with Gasteiger partial charge in [0.15, 0.2) is 11.5 Å². The van der Waals surface area contributed by atoms with Crippen molar-refractivity contribution in [2.75, 3.05) is 6.61 Å². The fourth-order valence-electron chi connectivity index (χ4n) is 3.76. The number of alkyl halides is 3. The van der Waals surface area contributed by atoms with Gasteiger partial charge in [-0.2, -0.15) is 4.39 Å². The molecule has 0 heterocycles. The van der Waals surface area contributed by atoms with Crippen LogP contribution < -0.4 is 14.2 Å². The number of benzene rings is 1. The highest BCUT2D eigenvalue weighted by atomic mass is 19.4. The molecule has 0 bridgehead atoms. The van der Waals surface area contributed by atoms with E-state index in [0.29, 0.717) is 5.92 Å². The number of rotatable bonds is 7. The molecule has 0 aliphatic heterocycles. The SMILES string of the molecule is Fc1c(OC2CCCC2)ccc(OCCC2CCCC2)c1OC(F)(F)F. The van der Waals surface area contributed by atoms with Crippen molar-refractivity contribution in [3.05, 3.63) is 17.9 Å². The second-order valence-electron chi connectivity index (χ2n) is 7.06. The van der Waals surface area contributed by atoms with Crippen molar-refractivity contribution in [3.63, 3.8) is 0 Å². The van der Waals surface area contributed by atoms with Crippen LogP contribution in [0.4, 0.5) is 17.6 Å². The van der Waals surface area contributed by atoms with Crippen LogP contribution in [0.5, 0.6) is 17.2 Å². The van der Waals surface area contributed by atoms with Crippen LogP contribution in [0.1, 0.15) is 57.8 Å². The van der Waals surface area contributed by atoms with E-state index in [-0.39, 0.29) is 24.2 Å². The summed E-state index contributed by atoms with van der Waals surface area (Å²) in [6.07, 6.45) is 3.63. The zero-order valence-corrected chi connectivity index (χ0v) is 14.6. The van der Waals surface area contributed by atoms with Gasteiger partial charge in [-0.05, 0) is 50.2 Å². The van der Waals surface area contributed by atoms with Crippen LogP contribution in [0.15, 0.2) is 12.1 Å². The molecule has 1 aromatic rings. The molecule has 0 N–H and O–H groups in total. The first-order chi connectivity index (χ1) is 12.4. The Morgan fingerprint density at radius 2 is 1.54 bits per heavy atom. The van der Waals surface area contributed by atoms with Gasteiger partial charge in [-0.25, -0.2) is 0 Å². The lowest BCUT2D eigenvalue weighted by atomic mass is 10.1. The molecule has 0 saturated heterocycles. The Morgan fingerprint density at radius 1 is 0.923 bits per heavy atom.